The highest BCUT2D eigenvalue weighted by atomic mass is 127. The molecule has 0 amide bonds. The van der Waals surface area contributed by atoms with E-state index in [1.807, 2.05) is 28.9 Å². The lowest BCUT2D eigenvalue weighted by atomic mass is 10.1. The van der Waals surface area contributed by atoms with Crippen molar-refractivity contribution in [2.75, 3.05) is 5.73 Å². The van der Waals surface area contributed by atoms with E-state index >= 15 is 0 Å². The van der Waals surface area contributed by atoms with Crippen molar-refractivity contribution in [3.63, 3.8) is 0 Å². The zero-order valence-electron chi connectivity index (χ0n) is 12.4. The summed E-state index contributed by atoms with van der Waals surface area (Å²) in [7, 11) is 0. The van der Waals surface area contributed by atoms with Crippen LogP contribution in [0.2, 0.25) is 5.02 Å². The lowest BCUT2D eigenvalue weighted by Gasteiger charge is -2.19. The van der Waals surface area contributed by atoms with Gasteiger partial charge in [-0.2, -0.15) is 5.10 Å². The first-order chi connectivity index (χ1) is 10.3. The molecule has 114 valence electrons. The molecule has 0 saturated heterocycles. The smallest absolute Gasteiger partial charge is 0.194 e. The molecule has 0 spiro atoms. The van der Waals surface area contributed by atoms with Crippen molar-refractivity contribution in [1.82, 2.24) is 19.7 Å². The maximum atomic E-state index is 6.15. The van der Waals surface area contributed by atoms with E-state index in [0.717, 1.165) is 22.3 Å². The van der Waals surface area contributed by atoms with Crippen LogP contribution in [0.1, 0.15) is 20.8 Å². The van der Waals surface area contributed by atoms with Gasteiger partial charge in [0.15, 0.2) is 9.48 Å². The van der Waals surface area contributed by atoms with Crippen LogP contribution in [0.25, 0.3) is 22.3 Å². The molecule has 0 radical (unpaired) electrons. The number of aromatic nitrogens is 4. The Balaban J connectivity index is 2.38. The number of rotatable bonds is 1. The molecule has 3 rings (SSSR count). The first-order valence-electron chi connectivity index (χ1n) is 6.75. The second kappa shape index (κ2) is 5.34. The minimum atomic E-state index is -0.215. The van der Waals surface area contributed by atoms with Gasteiger partial charge in [-0.15, -0.1) is 0 Å². The maximum absolute atomic E-state index is 6.15. The minimum Gasteiger partial charge on any atom is -0.383 e. The third-order valence-corrected chi connectivity index (χ3v) is 4.02. The molecule has 2 heterocycles. The molecule has 7 heteroatoms. The highest BCUT2D eigenvalue weighted by molar-refractivity contribution is 14.1. The third-order valence-electron chi connectivity index (χ3n) is 3.28. The van der Waals surface area contributed by atoms with Gasteiger partial charge in [0, 0.05) is 33.2 Å². The molecule has 0 unspecified atom stereocenters. The van der Waals surface area contributed by atoms with Crippen LogP contribution in [0.5, 0.6) is 0 Å². The van der Waals surface area contributed by atoms with Gasteiger partial charge < -0.3 is 5.73 Å². The molecule has 0 atom stereocenters. The number of nitrogens with two attached hydrogens (primary N) is 1. The molecule has 0 aliphatic carbocycles. The Kier molecular flexibility index (Phi) is 3.76. The number of benzene rings is 1. The summed E-state index contributed by atoms with van der Waals surface area (Å²) in [6.07, 6.45) is 0. The van der Waals surface area contributed by atoms with Crippen molar-refractivity contribution in [2.45, 2.75) is 26.3 Å². The van der Waals surface area contributed by atoms with E-state index in [-0.39, 0.29) is 5.54 Å². The Hall–Kier alpha value is -1.41. The fourth-order valence-corrected chi connectivity index (χ4v) is 2.91. The first kappa shape index (κ1) is 15.5. The SMILES string of the molecule is CC(C)(C)n1nc(-c2ccc(Cl)cc2)c2c(N)nc(I)nc21. The average Bonchev–Trinajstić information content (AvgIpc) is 2.79. The largest absolute Gasteiger partial charge is 0.383 e. The Morgan fingerprint density at radius 2 is 1.77 bits per heavy atom. The molecule has 22 heavy (non-hydrogen) atoms. The van der Waals surface area contributed by atoms with E-state index in [1.54, 1.807) is 0 Å². The van der Waals surface area contributed by atoms with Gasteiger partial charge in [-0.1, -0.05) is 23.7 Å². The van der Waals surface area contributed by atoms with Crippen molar-refractivity contribution in [3.8, 4) is 11.3 Å². The normalized spacial score (nSPS) is 12.0. The van der Waals surface area contributed by atoms with Crippen molar-refractivity contribution in [3.05, 3.63) is 33.1 Å². The van der Waals surface area contributed by atoms with E-state index < -0.39 is 0 Å². The predicted octanol–water partition coefficient (Wildman–Crippen LogP) is 4.09. The van der Waals surface area contributed by atoms with Gasteiger partial charge in [0.25, 0.3) is 0 Å². The van der Waals surface area contributed by atoms with E-state index in [1.165, 1.54) is 0 Å². The number of nitrogens with zero attached hydrogens (tertiary/aromatic N) is 4. The van der Waals surface area contributed by atoms with Gasteiger partial charge >= 0.3 is 0 Å². The summed E-state index contributed by atoms with van der Waals surface area (Å²) >= 11 is 8.04. The summed E-state index contributed by atoms with van der Waals surface area (Å²) in [5.74, 6) is 0.440. The molecule has 2 N–H and O–H groups in total. The fraction of sp³-hybridized carbons (Fsp3) is 0.267. The Morgan fingerprint density at radius 1 is 1.14 bits per heavy atom. The van der Waals surface area contributed by atoms with Gasteiger partial charge in [0.2, 0.25) is 0 Å². The predicted molar refractivity (Wildman–Crippen MR) is 97.9 cm³/mol. The van der Waals surface area contributed by atoms with Gasteiger partial charge in [-0.05, 0) is 32.9 Å². The third kappa shape index (κ3) is 2.65. The van der Waals surface area contributed by atoms with Crippen LogP contribution in [0, 0.1) is 3.83 Å². The van der Waals surface area contributed by atoms with Crippen LogP contribution >= 0.6 is 34.2 Å². The Bertz CT molecular complexity index is 849. The second-order valence-electron chi connectivity index (χ2n) is 6.01. The zero-order valence-corrected chi connectivity index (χ0v) is 15.3. The quantitative estimate of drug-likeness (QED) is 0.469. The Labute approximate surface area is 147 Å². The highest BCUT2D eigenvalue weighted by Crippen LogP contribution is 2.33. The van der Waals surface area contributed by atoms with Crippen molar-refractivity contribution < 1.29 is 0 Å². The number of fused-ring (bicyclic) bond motifs is 1. The lowest BCUT2D eigenvalue weighted by Crippen LogP contribution is -2.23. The van der Waals surface area contributed by atoms with Crippen molar-refractivity contribution in [1.29, 1.82) is 0 Å². The molecule has 5 nitrogen and oxygen atoms in total. The molecule has 0 saturated carbocycles. The maximum Gasteiger partial charge on any atom is 0.194 e. The van der Waals surface area contributed by atoms with Crippen LogP contribution in [-0.2, 0) is 5.54 Å². The van der Waals surface area contributed by atoms with Crippen LogP contribution in [0.15, 0.2) is 24.3 Å². The van der Waals surface area contributed by atoms with Gasteiger partial charge in [-0.25, -0.2) is 14.6 Å². The zero-order chi connectivity index (χ0) is 16.1. The topological polar surface area (TPSA) is 69.6 Å². The highest BCUT2D eigenvalue weighted by Gasteiger charge is 2.24. The average molecular weight is 428 g/mol. The molecule has 3 aromatic rings. The number of nitrogen functional groups attached to an aromatic ring is 1. The molecule has 1 aromatic carbocycles. The molecule has 2 aromatic heterocycles. The molecular weight excluding hydrogens is 413 g/mol. The van der Waals surface area contributed by atoms with E-state index in [0.29, 0.717) is 14.7 Å². The van der Waals surface area contributed by atoms with Crippen LogP contribution < -0.4 is 5.73 Å². The minimum absolute atomic E-state index is 0.215. The van der Waals surface area contributed by atoms with Gasteiger partial charge in [0.1, 0.15) is 11.5 Å². The molecule has 0 aliphatic heterocycles. The van der Waals surface area contributed by atoms with Gasteiger partial charge in [-0.3, -0.25) is 0 Å². The number of anilines is 1. The van der Waals surface area contributed by atoms with Crippen LogP contribution in [0.4, 0.5) is 5.82 Å². The van der Waals surface area contributed by atoms with Crippen LogP contribution in [-0.4, -0.2) is 19.7 Å². The summed E-state index contributed by atoms with van der Waals surface area (Å²) in [4.78, 5) is 8.81. The number of hydrogen-bond donors (Lipinski definition) is 1. The lowest BCUT2D eigenvalue weighted by molar-refractivity contribution is 0.366. The summed E-state index contributed by atoms with van der Waals surface area (Å²) in [5, 5.41) is 6.21. The summed E-state index contributed by atoms with van der Waals surface area (Å²) in [6, 6.07) is 7.52. The summed E-state index contributed by atoms with van der Waals surface area (Å²) in [5.41, 5.74) is 8.39. The molecular formula is C15H15ClIN5. The summed E-state index contributed by atoms with van der Waals surface area (Å²) < 4.78 is 2.50. The van der Waals surface area contributed by atoms with E-state index in [4.69, 9.17) is 22.4 Å². The van der Waals surface area contributed by atoms with Crippen molar-refractivity contribution in [2.24, 2.45) is 0 Å². The van der Waals surface area contributed by atoms with Gasteiger partial charge in [0.05, 0.1) is 10.9 Å². The van der Waals surface area contributed by atoms with E-state index in [2.05, 4.69) is 53.3 Å². The van der Waals surface area contributed by atoms with Crippen molar-refractivity contribution >= 4 is 51.0 Å². The second-order valence-corrected chi connectivity index (χ2v) is 7.42. The Morgan fingerprint density at radius 3 is 2.36 bits per heavy atom. The monoisotopic (exact) mass is 427 g/mol. The number of halogens is 2. The molecule has 0 bridgehead atoms. The fourth-order valence-electron chi connectivity index (χ4n) is 2.29. The number of hydrogen-bond acceptors (Lipinski definition) is 4. The molecule has 0 aliphatic rings. The summed E-state index contributed by atoms with van der Waals surface area (Å²) in [6.45, 7) is 6.24. The van der Waals surface area contributed by atoms with E-state index in [9.17, 15) is 0 Å². The van der Waals surface area contributed by atoms with Crippen LogP contribution in [0.3, 0.4) is 0 Å². The molecule has 0 fully saturated rings. The standard InChI is InChI=1S/C15H15ClIN5/c1-15(2,3)22-13-10(12(18)19-14(17)20-13)11(21-22)8-4-6-9(16)7-5-8/h4-7H,1-3H3,(H2,18,19,20). The first-order valence-corrected chi connectivity index (χ1v) is 8.21.